The number of aliphatic hydroxyl groups is 1. The molecule has 0 aliphatic carbocycles. The van der Waals surface area contributed by atoms with Crippen LogP contribution in [0.25, 0.3) is 0 Å². The number of aliphatic hydroxyl groups excluding tert-OH is 1. The van der Waals surface area contributed by atoms with Crippen molar-refractivity contribution in [3.63, 3.8) is 0 Å². The van der Waals surface area contributed by atoms with Gasteiger partial charge in [-0.1, -0.05) is 0 Å². The highest BCUT2D eigenvalue weighted by Gasteiger charge is 2.33. The third-order valence-corrected chi connectivity index (χ3v) is 4.31. The molecule has 0 aromatic heterocycles. The van der Waals surface area contributed by atoms with Gasteiger partial charge in [-0.05, 0) is 12.8 Å². The Bertz CT molecular complexity index is 265. The third kappa shape index (κ3) is 2.66. The van der Waals surface area contributed by atoms with Gasteiger partial charge in [-0.3, -0.25) is 0 Å². The topological polar surface area (TPSA) is 66.8 Å². The first kappa shape index (κ1) is 11.9. The van der Waals surface area contributed by atoms with Crippen molar-refractivity contribution >= 4 is 10.0 Å². The lowest BCUT2D eigenvalue weighted by molar-refractivity contribution is 0.204. The molecule has 0 aromatic carbocycles. The van der Waals surface area contributed by atoms with E-state index in [0.29, 0.717) is 6.54 Å². The van der Waals surface area contributed by atoms with Crippen molar-refractivity contribution in [3.05, 3.63) is 0 Å². The van der Waals surface area contributed by atoms with Crippen molar-refractivity contribution in [1.29, 1.82) is 0 Å². The molecule has 1 aliphatic rings. The predicted molar refractivity (Wildman–Crippen MR) is 52.5 cm³/mol. The number of rotatable bonds is 5. The van der Waals surface area contributed by atoms with Crippen molar-refractivity contribution < 1.29 is 18.3 Å². The van der Waals surface area contributed by atoms with E-state index in [0.717, 1.165) is 12.8 Å². The zero-order chi connectivity index (χ0) is 10.6. The Morgan fingerprint density at radius 1 is 1.57 bits per heavy atom. The summed E-state index contributed by atoms with van der Waals surface area (Å²) in [5, 5.41) is 8.99. The molecule has 0 spiro atoms. The largest absolute Gasteiger partial charge is 0.395 e. The molecule has 1 heterocycles. The minimum atomic E-state index is -3.24. The summed E-state index contributed by atoms with van der Waals surface area (Å²) in [5.74, 6) is 0. The monoisotopic (exact) mass is 223 g/mol. The molecule has 0 bridgehead atoms. The van der Waals surface area contributed by atoms with E-state index in [-0.39, 0.29) is 25.0 Å². The van der Waals surface area contributed by atoms with Crippen LogP contribution in [0.3, 0.4) is 0 Å². The fourth-order valence-electron chi connectivity index (χ4n) is 1.66. The smallest absolute Gasteiger partial charge is 0.216 e. The normalized spacial score (nSPS) is 24.3. The summed E-state index contributed by atoms with van der Waals surface area (Å²) in [6, 6.07) is -0.225. The van der Waals surface area contributed by atoms with Gasteiger partial charge in [0.15, 0.2) is 0 Å². The van der Waals surface area contributed by atoms with E-state index in [1.54, 1.807) is 0 Å². The van der Waals surface area contributed by atoms with Crippen LogP contribution in [-0.2, 0) is 14.8 Å². The molecule has 0 amide bonds. The van der Waals surface area contributed by atoms with E-state index < -0.39 is 10.0 Å². The summed E-state index contributed by atoms with van der Waals surface area (Å²) < 4.78 is 29.5. The molecular formula is C8H17NO4S. The van der Waals surface area contributed by atoms with Gasteiger partial charge in [0.05, 0.1) is 19.0 Å². The van der Waals surface area contributed by atoms with Gasteiger partial charge in [-0.15, -0.1) is 0 Å². The lowest BCUT2D eigenvalue weighted by Crippen LogP contribution is -2.39. The van der Waals surface area contributed by atoms with Crippen molar-refractivity contribution in [3.8, 4) is 0 Å². The van der Waals surface area contributed by atoms with Crippen LogP contribution in [0.5, 0.6) is 0 Å². The van der Waals surface area contributed by atoms with Crippen molar-refractivity contribution in [2.45, 2.75) is 18.9 Å². The van der Waals surface area contributed by atoms with Gasteiger partial charge in [0, 0.05) is 19.7 Å². The average Bonchev–Trinajstić information content (AvgIpc) is 2.63. The molecule has 0 aromatic rings. The van der Waals surface area contributed by atoms with Crippen LogP contribution < -0.4 is 0 Å². The average molecular weight is 223 g/mol. The first-order valence-corrected chi connectivity index (χ1v) is 6.32. The predicted octanol–water partition coefficient (Wildman–Crippen LogP) is -0.581. The van der Waals surface area contributed by atoms with E-state index in [1.165, 1.54) is 11.4 Å². The SMILES string of the molecule is COCCS(=O)(=O)N1CCC[C@H]1CO. The molecule has 84 valence electrons. The maximum atomic E-state index is 11.7. The van der Waals surface area contributed by atoms with Gasteiger partial charge in [-0.2, -0.15) is 4.31 Å². The molecule has 1 fully saturated rings. The summed E-state index contributed by atoms with van der Waals surface area (Å²) in [4.78, 5) is 0. The Morgan fingerprint density at radius 3 is 2.86 bits per heavy atom. The summed E-state index contributed by atoms with van der Waals surface area (Å²) in [5.41, 5.74) is 0. The van der Waals surface area contributed by atoms with Gasteiger partial charge in [0.1, 0.15) is 0 Å². The molecule has 0 radical (unpaired) electrons. The number of nitrogens with zero attached hydrogens (tertiary/aromatic N) is 1. The number of hydrogen-bond donors (Lipinski definition) is 1. The number of ether oxygens (including phenoxy) is 1. The Kier molecular flexibility index (Phi) is 4.31. The lowest BCUT2D eigenvalue weighted by atomic mass is 10.2. The summed E-state index contributed by atoms with van der Waals surface area (Å²) in [6.07, 6.45) is 1.58. The quantitative estimate of drug-likeness (QED) is 0.677. The van der Waals surface area contributed by atoms with Crippen LogP contribution in [0.2, 0.25) is 0 Å². The van der Waals surface area contributed by atoms with Crippen molar-refractivity contribution in [1.82, 2.24) is 4.31 Å². The molecule has 1 N–H and O–H groups in total. The molecule has 0 unspecified atom stereocenters. The number of methoxy groups -OCH3 is 1. The van der Waals surface area contributed by atoms with Crippen LogP contribution in [0.4, 0.5) is 0 Å². The van der Waals surface area contributed by atoms with Gasteiger partial charge < -0.3 is 9.84 Å². The Labute approximate surface area is 84.7 Å². The highest BCUT2D eigenvalue weighted by Crippen LogP contribution is 2.20. The molecule has 14 heavy (non-hydrogen) atoms. The van der Waals surface area contributed by atoms with Gasteiger partial charge in [0.25, 0.3) is 0 Å². The lowest BCUT2D eigenvalue weighted by Gasteiger charge is -2.21. The van der Waals surface area contributed by atoms with E-state index in [9.17, 15) is 8.42 Å². The van der Waals surface area contributed by atoms with Crippen LogP contribution >= 0.6 is 0 Å². The third-order valence-electron chi connectivity index (χ3n) is 2.44. The molecule has 1 rings (SSSR count). The highest BCUT2D eigenvalue weighted by molar-refractivity contribution is 7.89. The first-order valence-electron chi connectivity index (χ1n) is 4.71. The first-order chi connectivity index (χ1) is 6.61. The second-order valence-corrected chi connectivity index (χ2v) is 5.44. The minimum Gasteiger partial charge on any atom is -0.395 e. The maximum Gasteiger partial charge on any atom is 0.216 e. The molecule has 0 saturated carbocycles. The van der Waals surface area contributed by atoms with Gasteiger partial charge in [0.2, 0.25) is 10.0 Å². The molecule has 1 saturated heterocycles. The summed E-state index contributed by atoms with van der Waals surface area (Å²) >= 11 is 0. The van der Waals surface area contributed by atoms with Gasteiger partial charge in [-0.25, -0.2) is 8.42 Å². The standard InChI is InChI=1S/C8H17NO4S/c1-13-5-6-14(11,12)9-4-2-3-8(9)7-10/h8,10H,2-7H2,1H3/t8-/m0/s1. The maximum absolute atomic E-state index is 11.7. The Hall–Kier alpha value is -0.170. The number of hydrogen-bond acceptors (Lipinski definition) is 4. The van der Waals surface area contributed by atoms with Crippen LogP contribution in [0.15, 0.2) is 0 Å². The van der Waals surface area contributed by atoms with Gasteiger partial charge >= 0.3 is 0 Å². The molecule has 5 nitrogen and oxygen atoms in total. The fraction of sp³-hybridized carbons (Fsp3) is 1.00. The van der Waals surface area contributed by atoms with Crippen LogP contribution in [0.1, 0.15) is 12.8 Å². The Morgan fingerprint density at radius 2 is 2.29 bits per heavy atom. The van der Waals surface area contributed by atoms with Crippen LogP contribution in [-0.4, -0.2) is 56.5 Å². The summed E-state index contributed by atoms with van der Waals surface area (Å²) in [7, 11) is -1.76. The van der Waals surface area contributed by atoms with Crippen LogP contribution in [0, 0.1) is 0 Å². The second kappa shape index (κ2) is 5.06. The van der Waals surface area contributed by atoms with E-state index >= 15 is 0 Å². The zero-order valence-electron chi connectivity index (χ0n) is 8.35. The van der Waals surface area contributed by atoms with Crippen molar-refractivity contribution in [2.75, 3.05) is 32.6 Å². The van der Waals surface area contributed by atoms with E-state index in [4.69, 9.17) is 9.84 Å². The fourth-order valence-corrected chi connectivity index (χ4v) is 3.31. The molecular weight excluding hydrogens is 206 g/mol. The number of sulfonamides is 1. The van der Waals surface area contributed by atoms with E-state index in [1.807, 2.05) is 0 Å². The van der Waals surface area contributed by atoms with Crippen molar-refractivity contribution in [2.24, 2.45) is 0 Å². The molecule has 1 aliphatic heterocycles. The van der Waals surface area contributed by atoms with E-state index in [2.05, 4.69) is 0 Å². The molecule has 6 heteroatoms. The molecule has 1 atom stereocenters. The Balaban J connectivity index is 2.61. The highest BCUT2D eigenvalue weighted by atomic mass is 32.2. The zero-order valence-corrected chi connectivity index (χ0v) is 9.16. The summed E-state index contributed by atoms with van der Waals surface area (Å²) in [6.45, 7) is 0.639. The minimum absolute atomic E-state index is 0. The second-order valence-electron chi connectivity index (χ2n) is 3.40.